The van der Waals surface area contributed by atoms with E-state index in [2.05, 4.69) is 36.9 Å². The number of benzene rings is 1. The first-order valence-electron chi connectivity index (χ1n) is 4.72. The summed E-state index contributed by atoms with van der Waals surface area (Å²) in [6.45, 7) is 4.69. The van der Waals surface area contributed by atoms with Crippen LogP contribution in [0.3, 0.4) is 0 Å². The van der Waals surface area contributed by atoms with Crippen molar-refractivity contribution in [1.29, 1.82) is 0 Å². The third-order valence-corrected chi connectivity index (χ3v) is 2.52. The van der Waals surface area contributed by atoms with Crippen LogP contribution in [0.15, 0.2) is 42.7 Å². The molecular weight excluding hydrogens is 160 g/mol. The van der Waals surface area contributed by atoms with Crippen LogP contribution in [-0.2, 0) is 4.74 Å². The largest absolute Gasteiger partial charge is 0.499 e. The summed E-state index contributed by atoms with van der Waals surface area (Å²) in [6.07, 6.45) is 2.09. The molecule has 13 heavy (non-hydrogen) atoms. The maximum absolute atomic E-state index is 5.34. The number of ether oxygens (including phenoxy) is 1. The van der Waals surface area contributed by atoms with Gasteiger partial charge in [-0.15, -0.1) is 0 Å². The molecule has 1 heterocycles. The van der Waals surface area contributed by atoms with Crippen LogP contribution in [-0.4, -0.2) is 6.61 Å². The molecule has 0 aromatic heterocycles. The van der Waals surface area contributed by atoms with Crippen LogP contribution in [0.4, 0.5) is 0 Å². The minimum absolute atomic E-state index is 0.613. The van der Waals surface area contributed by atoms with E-state index in [1.54, 1.807) is 0 Å². The molecule has 1 heteroatoms. The van der Waals surface area contributed by atoms with Crippen LogP contribution in [0.2, 0.25) is 0 Å². The van der Waals surface area contributed by atoms with E-state index in [-0.39, 0.29) is 0 Å². The minimum Gasteiger partial charge on any atom is -0.499 e. The Morgan fingerprint density at radius 2 is 2.00 bits per heavy atom. The van der Waals surface area contributed by atoms with Crippen molar-refractivity contribution in [2.24, 2.45) is 0 Å². The third-order valence-electron chi connectivity index (χ3n) is 2.52. The molecule has 1 aliphatic heterocycles. The van der Waals surface area contributed by atoms with Gasteiger partial charge in [-0.25, -0.2) is 0 Å². The minimum atomic E-state index is 0.613. The van der Waals surface area contributed by atoms with Crippen molar-refractivity contribution in [1.82, 2.24) is 0 Å². The molecule has 68 valence electrons. The Bertz CT molecular complexity index is 289. The Balaban J connectivity index is 2.13. The van der Waals surface area contributed by atoms with Gasteiger partial charge in [0.2, 0.25) is 0 Å². The lowest BCUT2D eigenvalue weighted by atomic mass is 9.91. The molecule has 0 radical (unpaired) electrons. The van der Waals surface area contributed by atoms with Crippen molar-refractivity contribution in [3.05, 3.63) is 48.2 Å². The molecule has 0 N–H and O–H groups in total. The maximum atomic E-state index is 5.34. The molecule has 0 amide bonds. The van der Waals surface area contributed by atoms with Crippen LogP contribution < -0.4 is 0 Å². The molecule has 1 unspecified atom stereocenters. The van der Waals surface area contributed by atoms with E-state index >= 15 is 0 Å². The zero-order valence-electron chi connectivity index (χ0n) is 7.70. The average molecular weight is 174 g/mol. The highest BCUT2D eigenvalue weighted by Crippen LogP contribution is 2.30. The number of rotatable bonds is 1. The topological polar surface area (TPSA) is 9.23 Å². The fourth-order valence-electron chi connectivity index (χ4n) is 1.79. The van der Waals surface area contributed by atoms with Gasteiger partial charge in [0.15, 0.2) is 0 Å². The van der Waals surface area contributed by atoms with Gasteiger partial charge in [-0.05, 0) is 17.9 Å². The van der Waals surface area contributed by atoms with Crippen LogP contribution in [0.1, 0.15) is 24.3 Å². The Morgan fingerprint density at radius 1 is 1.23 bits per heavy atom. The fourth-order valence-corrected chi connectivity index (χ4v) is 1.79. The summed E-state index contributed by atoms with van der Waals surface area (Å²) in [6, 6.07) is 10.6. The molecule has 1 fully saturated rings. The van der Waals surface area contributed by atoms with Gasteiger partial charge < -0.3 is 4.74 Å². The molecule has 0 bridgehead atoms. The van der Waals surface area contributed by atoms with Crippen LogP contribution >= 0.6 is 0 Å². The van der Waals surface area contributed by atoms with E-state index < -0.39 is 0 Å². The monoisotopic (exact) mass is 174 g/mol. The first kappa shape index (κ1) is 8.36. The lowest BCUT2D eigenvalue weighted by Gasteiger charge is -2.24. The molecular formula is C12H14O. The average Bonchev–Trinajstić information content (AvgIpc) is 2.19. The highest BCUT2D eigenvalue weighted by atomic mass is 16.5. The molecule has 0 spiro atoms. The van der Waals surface area contributed by atoms with E-state index in [9.17, 15) is 0 Å². The van der Waals surface area contributed by atoms with Gasteiger partial charge in [0.1, 0.15) is 0 Å². The standard InChI is InChI=1S/C12H14O/c1-10-9-12(7-8-13-10)11-5-3-2-4-6-11/h2-6,12H,1,7-9H2. The highest BCUT2D eigenvalue weighted by molar-refractivity contribution is 5.21. The molecule has 2 rings (SSSR count). The number of allylic oxidation sites excluding steroid dienone is 1. The Hall–Kier alpha value is -1.24. The van der Waals surface area contributed by atoms with Gasteiger partial charge in [-0.1, -0.05) is 36.9 Å². The quantitative estimate of drug-likeness (QED) is 0.635. The van der Waals surface area contributed by atoms with Gasteiger partial charge in [-0.2, -0.15) is 0 Å². The summed E-state index contributed by atoms with van der Waals surface area (Å²) in [5.74, 6) is 1.54. The zero-order valence-corrected chi connectivity index (χ0v) is 7.70. The van der Waals surface area contributed by atoms with Crippen molar-refractivity contribution < 1.29 is 4.74 Å². The second-order valence-electron chi connectivity index (χ2n) is 3.49. The fraction of sp³-hybridized carbons (Fsp3) is 0.333. The second-order valence-corrected chi connectivity index (χ2v) is 3.49. The van der Waals surface area contributed by atoms with E-state index in [1.165, 1.54) is 5.56 Å². The van der Waals surface area contributed by atoms with Crippen molar-refractivity contribution >= 4 is 0 Å². The maximum Gasteiger partial charge on any atom is 0.0894 e. The van der Waals surface area contributed by atoms with E-state index in [1.807, 2.05) is 0 Å². The Morgan fingerprint density at radius 3 is 2.69 bits per heavy atom. The molecule has 1 aromatic rings. The van der Waals surface area contributed by atoms with Crippen LogP contribution in [0.25, 0.3) is 0 Å². The highest BCUT2D eigenvalue weighted by Gasteiger charge is 2.17. The van der Waals surface area contributed by atoms with Gasteiger partial charge in [0.25, 0.3) is 0 Å². The molecule has 0 aliphatic carbocycles. The third kappa shape index (κ3) is 1.92. The Labute approximate surface area is 79.0 Å². The van der Waals surface area contributed by atoms with Gasteiger partial charge in [0, 0.05) is 6.42 Å². The molecule has 1 aliphatic rings. The number of hydrogen-bond donors (Lipinski definition) is 0. The smallest absolute Gasteiger partial charge is 0.0894 e. The van der Waals surface area contributed by atoms with E-state index in [0.717, 1.165) is 25.2 Å². The van der Waals surface area contributed by atoms with Gasteiger partial charge in [0.05, 0.1) is 12.4 Å². The van der Waals surface area contributed by atoms with Crippen molar-refractivity contribution in [2.45, 2.75) is 18.8 Å². The van der Waals surface area contributed by atoms with E-state index in [0.29, 0.717) is 5.92 Å². The van der Waals surface area contributed by atoms with Gasteiger partial charge in [-0.3, -0.25) is 0 Å². The summed E-state index contributed by atoms with van der Waals surface area (Å²) < 4.78 is 5.34. The van der Waals surface area contributed by atoms with Crippen LogP contribution in [0, 0.1) is 0 Å². The van der Waals surface area contributed by atoms with Crippen molar-refractivity contribution in [2.75, 3.05) is 6.61 Å². The summed E-state index contributed by atoms with van der Waals surface area (Å²) in [7, 11) is 0. The predicted molar refractivity (Wildman–Crippen MR) is 53.5 cm³/mol. The molecule has 1 atom stereocenters. The van der Waals surface area contributed by atoms with Crippen molar-refractivity contribution in [3.63, 3.8) is 0 Å². The normalized spacial score (nSPS) is 22.5. The summed E-state index contributed by atoms with van der Waals surface area (Å²) in [5.41, 5.74) is 1.41. The second kappa shape index (κ2) is 3.65. The predicted octanol–water partition coefficient (Wildman–Crippen LogP) is 3.09. The van der Waals surface area contributed by atoms with Crippen molar-refractivity contribution in [3.8, 4) is 0 Å². The molecule has 0 saturated carbocycles. The SMILES string of the molecule is C=C1CC(c2ccccc2)CCO1. The summed E-state index contributed by atoms with van der Waals surface area (Å²) >= 11 is 0. The Kier molecular flexibility index (Phi) is 2.35. The van der Waals surface area contributed by atoms with Crippen LogP contribution in [0.5, 0.6) is 0 Å². The van der Waals surface area contributed by atoms with E-state index in [4.69, 9.17) is 4.74 Å². The summed E-state index contributed by atoms with van der Waals surface area (Å²) in [4.78, 5) is 0. The first-order chi connectivity index (χ1) is 6.36. The summed E-state index contributed by atoms with van der Waals surface area (Å²) in [5, 5.41) is 0. The number of hydrogen-bond acceptors (Lipinski definition) is 1. The zero-order chi connectivity index (χ0) is 9.10. The molecule has 1 nitrogen and oxygen atoms in total. The lowest BCUT2D eigenvalue weighted by molar-refractivity contribution is 0.155. The van der Waals surface area contributed by atoms with Gasteiger partial charge >= 0.3 is 0 Å². The molecule has 1 aromatic carbocycles. The molecule has 1 saturated heterocycles. The lowest BCUT2D eigenvalue weighted by Crippen LogP contribution is -2.11. The first-order valence-corrected chi connectivity index (χ1v) is 4.72.